The molecule has 0 amide bonds. The quantitative estimate of drug-likeness (QED) is 0.358. The number of hydrogen-bond acceptors (Lipinski definition) is 1. The summed E-state index contributed by atoms with van der Waals surface area (Å²) >= 11 is 0. The Hall–Kier alpha value is -2.60. The first-order valence-corrected chi connectivity index (χ1v) is 10.4. The van der Waals surface area contributed by atoms with Crippen molar-refractivity contribution >= 4 is 0 Å². The number of benzene rings is 2. The van der Waals surface area contributed by atoms with E-state index in [0.717, 1.165) is 23.4 Å². The van der Waals surface area contributed by atoms with Gasteiger partial charge in [-0.1, -0.05) is 44.2 Å². The van der Waals surface area contributed by atoms with E-state index in [0.29, 0.717) is 31.1 Å². The molecule has 31 heavy (non-hydrogen) atoms. The summed E-state index contributed by atoms with van der Waals surface area (Å²) in [5.41, 5.74) is 1.83. The lowest BCUT2D eigenvalue weighted by molar-refractivity contribution is -0.137. The van der Waals surface area contributed by atoms with E-state index in [1.807, 2.05) is 29.0 Å². The van der Waals surface area contributed by atoms with Gasteiger partial charge in [0.25, 0.3) is 0 Å². The van der Waals surface area contributed by atoms with E-state index in [4.69, 9.17) is 0 Å². The van der Waals surface area contributed by atoms with Crippen LogP contribution in [0.1, 0.15) is 43.2 Å². The molecule has 166 valence electrons. The van der Waals surface area contributed by atoms with Gasteiger partial charge in [0, 0.05) is 43.1 Å². The van der Waals surface area contributed by atoms with E-state index in [2.05, 4.69) is 25.7 Å². The van der Waals surface area contributed by atoms with Crippen LogP contribution in [0.2, 0.25) is 0 Å². The second kappa shape index (κ2) is 9.69. The molecule has 0 spiro atoms. The Labute approximate surface area is 181 Å². The second-order valence-corrected chi connectivity index (χ2v) is 8.30. The van der Waals surface area contributed by atoms with Crippen LogP contribution in [0.4, 0.5) is 17.6 Å². The zero-order valence-corrected chi connectivity index (χ0v) is 18.0. The summed E-state index contributed by atoms with van der Waals surface area (Å²) in [4.78, 5) is 2.24. The predicted octanol–water partition coefficient (Wildman–Crippen LogP) is 6.74. The van der Waals surface area contributed by atoms with Crippen LogP contribution < -0.4 is 0 Å². The number of nitrogens with zero attached hydrogens (tertiary/aromatic N) is 2. The molecule has 1 atom stereocenters. The highest BCUT2D eigenvalue weighted by Gasteiger charge is 2.30. The van der Waals surface area contributed by atoms with E-state index >= 15 is 0 Å². The van der Waals surface area contributed by atoms with Crippen LogP contribution in [0, 0.1) is 11.7 Å². The lowest BCUT2D eigenvalue weighted by Gasteiger charge is -2.32. The third-order valence-corrected chi connectivity index (χ3v) is 5.79. The maximum Gasteiger partial charge on any atom is 0.416 e. The van der Waals surface area contributed by atoms with Crippen LogP contribution in [0.3, 0.4) is 0 Å². The molecule has 1 heterocycles. The molecule has 3 aromatic rings. The average molecular weight is 433 g/mol. The van der Waals surface area contributed by atoms with Crippen LogP contribution in [0.5, 0.6) is 0 Å². The van der Waals surface area contributed by atoms with Crippen molar-refractivity contribution in [2.75, 3.05) is 0 Å². The van der Waals surface area contributed by atoms with Gasteiger partial charge in [0.1, 0.15) is 5.82 Å². The number of alkyl halides is 3. The van der Waals surface area contributed by atoms with Gasteiger partial charge in [-0.05, 0) is 48.7 Å². The smallest absolute Gasteiger partial charge is 0.346 e. The van der Waals surface area contributed by atoms with Crippen LogP contribution in [-0.2, 0) is 25.8 Å². The summed E-state index contributed by atoms with van der Waals surface area (Å²) in [5.74, 6) is 0.161. The first-order valence-electron chi connectivity index (χ1n) is 10.4. The highest BCUT2D eigenvalue weighted by molar-refractivity contribution is 5.25. The lowest BCUT2D eigenvalue weighted by Crippen LogP contribution is -2.36. The zero-order chi connectivity index (χ0) is 22.6. The Morgan fingerprint density at radius 1 is 0.871 bits per heavy atom. The lowest BCUT2D eigenvalue weighted by atomic mass is 10.0. The van der Waals surface area contributed by atoms with Crippen molar-refractivity contribution in [1.82, 2.24) is 9.47 Å². The maximum absolute atomic E-state index is 14.3. The average Bonchev–Trinajstić information content (AvgIpc) is 3.14. The maximum atomic E-state index is 14.3. The van der Waals surface area contributed by atoms with Crippen LogP contribution in [0.25, 0.3) is 0 Å². The van der Waals surface area contributed by atoms with Gasteiger partial charge in [0.15, 0.2) is 0 Å². The van der Waals surface area contributed by atoms with Crippen molar-refractivity contribution in [2.24, 2.45) is 5.92 Å². The molecular formula is C25H28F4N2. The summed E-state index contributed by atoms with van der Waals surface area (Å²) in [5, 5.41) is 0. The van der Waals surface area contributed by atoms with E-state index in [1.54, 1.807) is 12.1 Å². The fourth-order valence-electron chi connectivity index (χ4n) is 3.56. The molecule has 0 fully saturated rings. The second-order valence-electron chi connectivity index (χ2n) is 8.30. The van der Waals surface area contributed by atoms with Gasteiger partial charge in [0.05, 0.1) is 5.56 Å². The molecule has 1 unspecified atom stereocenters. The Balaban J connectivity index is 1.79. The molecule has 0 aliphatic rings. The third kappa shape index (κ3) is 5.97. The van der Waals surface area contributed by atoms with Crippen molar-refractivity contribution in [1.29, 1.82) is 0 Å². The molecule has 1 aromatic heterocycles. The van der Waals surface area contributed by atoms with E-state index in [9.17, 15) is 17.6 Å². The standard InChI is InChI=1S/C25H28F4N2/c1-18(2)19(3)31(16-21-7-4-5-9-24(21)26)17-23-8-6-14-30(23)15-20-10-12-22(13-11-20)25(27,28)29/h4-14,18-19H,15-17H2,1-3H3. The number of rotatable bonds is 8. The van der Waals surface area contributed by atoms with Crippen molar-refractivity contribution in [3.8, 4) is 0 Å². The van der Waals surface area contributed by atoms with Gasteiger partial charge >= 0.3 is 6.18 Å². The molecule has 0 radical (unpaired) electrons. The normalized spacial score (nSPS) is 13.2. The van der Waals surface area contributed by atoms with Gasteiger partial charge in [0.2, 0.25) is 0 Å². The van der Waals surface area contributed by atoms with Crippen molar-refractivity contribution in [3.63, 3.8) is 0 Å². The molecule has 6 heteroatoms. The van der Waals surface area contributed by atoms with Crippen LogP contribution in [0.15, 0.2) is 66.9 Å². The van der Waals surface area contributed by atoms with Crippen molar-refractivity contribution in [2.45, 2.75) is 52.6 Å². The summed E-state index contributed by atoms with van der Waals surface area (Å²) < 4.78 is 54.7. The van der Waals surface area contributed by atoms with E-state index in [1.165, 1.54) is 18.2 Å². The predicted molar refractivity (Wildman–Crippen MR) is 115 cm³/mol. The SMILES string of the molecule is CC(C)C(C)N(Cc1ccccc1F)Cc1cccn1Cc1ccc(C(F)(F)F)cc1. The van der Waals surface area contributed by atoms with Gasteiger partial charge in [-0.15, -0.1) is 0 Å². The molecule has 2 nitrogen and oxygen atoms in total. The first kappa shape index (κ1) is 23.1. The minimum atomic E-state index is -4.34. The highest BCUT2D eigenvalue weighted by Crippen LogP contribution is 2.29. The van der Waals surface area contributed by atoms with Crippen LogP contribution in [-0.4, -0.2) is 15.5 Å². The number of halogens is 4. The molecule has 0 bridgehead atoms. The van der Waals surface area contributed by atoms with Gasteiger partial charge in [-0.2, -0.15) is 13.2 Å². The topological polar surface area (TPSA) is 8.17 Å². The summed E-state index contributed by atoms with van der Waals surface area (Å²) in [7, 11) is 0. The molecule has 3 rings (SSSR count). The molecule has 0 saturated carbocycles. The Bertz CT molecular complexity index is 974. The fraction of sp³-hybridized carbons (Fsp3) is 0.360. The number of hydrogen-bond donors (Lipinski definition) is 0. The molecule has 0 aliphatic carbocycles. The van der Waals surface area contributed by atoms with Gasteiger partial charge < -0.3 is 4.57 Å². The largest absolute Gasteiger partial charge is 0.416 e. The minimum absolute atomic E-state index is 0.217. The molecule has 0 aliphatic heterocycles. The van der Waals surface area contributed by atoms with Crippen LogP contribution >= 0.6 is 0 Å². The zero-order valence-electron chi connectivity index (χ0n) is 18.0. The van der Waals surface area contributed by atoms with E-state index in [-0.39, 0.29) is 11.9 Å². The van der Waals surface area contributed by atoms with Gasteiger partial charge in [-0.25, -0.2) is 4.39 Å². The fourth-order valence-corrected chi connectivity index (χ4v) is 3.56. The number of aromatic nitrogens is 1. The monoisotopic (exact) mass is 432 g/mol. The summed E-state index contributed by atoms with van der Waals surface area (Å²) in [6, 6.07) is 16.2. The first-order chi connectivity index (χ1) is 14.6. The Morgan fingerprint density at radius 2 is 1.55 bits per heavy atom. The molecular weight excluding hydrogens is 404 g/mol. The van der Waals surface area contributed by atoms with Gasteiger partial charge in [-0.3, -0.25) is 4.90 Å². The summed E-state index contributed by atoms with van der Waals surface area (Å²) in [6.45, 7) is 7.98. The molecule has 2 aromatic carbocycles. The van der Waals surface area contributed by atoms with Crippen molar-refractivity contribution < 1.29 is 17.6 Å². The summed E-state index contributed by atoms with van der Waals surface area (Å²) in [6.07, 6.45) is -2.41. The highest BCUT2D eigenvalue weighted by atomic mass is 19.4. The van der Waals surface area contributed by atoms with E-state index < -0.39 is 11.7 Å². The molecule has 0 saturated heterocycles. The Kier molecular flexibility index (Phi) is 7.21. The van der Waals surface area contributed by atoms with Crippen molar-refractivity contribution in [3.05, 3.63) is 95.1 Å². The third-order valence-electron chi connectivity index (χ3n) is 5.79. The molecule has 0 N–H and O–H groups in total. The minimum Gasteiger partial charge on any atom is -0.346 e. The Morgan fingerprint density at radius 3 is 2.16 bits per heavy atom.